The first-order valence-electron chi connectivity index (χ1n) is 10.3. The average molecular weight is 455 g/mol. The molecule has 1 atom stereocenters. The van der Waals surface area contributed by atoms with Crippen molar-refractivity contribution in [1.82, 2.24) is 4.98 Å². The molecular formula is C24H23ClN2O3S. The summed E-state index contributed by atoms with van der Waals surface area (Å²) in [7, 11) is 0. The smallest absolute Gasteiger partial charge is 0.304 e. The fraction of sp³-hybridized carbons (Fsp3) is 0.292. The molecule has 0 spiro atoms. The van der Waals surface area contributed by atoms with Gasteiger partial charge in [-0.3, -0.25) is 14.5 Å². The largest absolute Gasteiger partial charge is 0.481 e. The molecule has 1 amide bonds. The van der Waals surface area contributed by atoms with Crippen molar-refractivity contribution >= 4 is 39.9 Å². The van der Waals surface area contributed by atoms with E-state index in [2.05, 4.69) is 0 Å². The summed E-state index contributed by atoms with van der Waals surface area (Å²) in [5.41, 5.74) is 2.48. The van der Waals surface area contributed by atoms with E-state index >= 15 is 0 Å². The van der Waals surface area contributed by atoms with Crippen LogP contribution in [0.2, 0.25) is 5.02 Å². The zero-order valence-electron chi connectivity index (χ0n) is 16.9. The summed E-state index contributed by atoms with van der Waals surface area (Å²) < 4.78 is 0. The van der Waals surface area contributed by atoms with Crippen LogP contribution in [-0.4, -0.2) is 28.5 Å². The van der Waals surface area contributed by atoms with Crippen molar-refractivity contribution in [2.24, 2.45) is 11.8 Å². The summed E-state index contributed by atoms with van der Waals surface area (Å²) in [4.78, 5) is 31.5. The number of carboxylic acids is 1. The van der Waals surface area contributed by atoms with Gasteiger partial charge in [0.15, 0.2) is 5.13 Å². The maximum atomic E-state index is 13.6. The van der Waals surface area contributed by atoms with Crippen LogP contribution in [0, 0.1) is 11.8 Å². The van der Waals surface area contributed by atoms with E-state index in [-0.39, 0.29) is 12.3 Å². The van der Waals surface area contributed by atoms with Crippen molar-refractivity contribution in [3.8, 4) is 11.3 Å². The van der Waals surface area contributed by atoms with Gasteiger partial charge in [-0.15, -0.1) is 11.3 Å². The molecule has 1 N–H and O–H groups in total. The lowest BCUT2D eigenvalue weighted by molar-refractivity contribution is -0.140. The molecule has 1 aromatic heterocycles. The molecule has 1 fully saturated rings. The minimum Gasteiger partial charge on any atom is -0.481 e. The number of aromatic nitrogens is 1. The Bertz CT molecular complexity index is 1070. The Morgan fingerprint density at radius 3 is 2.52 bits per heavy atom. The zero-order valence-corrected chi connectivity index (χ0v) is 18.5. The highest BCUT2D eigenvalue weighted by Gasteiger charge is 2.34. The molecule has 0 radical (unpaired) electrons. The summed E-state index contributed by atoms with van der Waals surface area (Å²) in [5.74, 6) is -1.36. The number of halogens is 1. The normalized spacial score (nSPS) is 14.2. The van der Waals surface area contributed by atoms with Gasteiger partial charge in [0, 0.05) is 22.5 Å². The third kappa shape index (κ3) is 5.51. The predicted octanol–water partition coefficient (Wildman–Crippen LogP) is 5.54. The average Bonchev–Trinajstić information content (AvgIpc) is 3.46. The van der Waals surface area contributed by atoms with E-state index in [1.165, 1.54) is 11.3 Å². The van der Waals surface area contributed by atoms with Crippen molar-refractivity contribution in [2.45, 2.75) is 25.7 Å². The molecule has 1 aliphatic rings. The molecular weight excluding hydrogens is 432 g/mol. The molecule has 3 aromatic rings. The minimum atomic E-state index is -0.975. The summed E-state index contributed by atoms with van der Waals surface area (Å²) in [5, 5.41) is 12.5. The first kappa shape index (κ1) is 21.5. The molecule has 0 bridgehead atoms. The van der Waals surface area contributed by atoms with Gasteiger partial charge in [-0.25, -0.2) is 4.98 Å². The van der Waals surface area contributed by atoms with Crippen LogP contribution in [-0.2, 0) is 16.0 Å². The van der Waals surface area contributed by atoms with Gasteiger partial charge in [-0.05, 0) is 36.8 Å². The molecule has 5 nitrogen and oxygen atoms in total. The molecule has 1 aliphatic carbocycles. The molecule has 1 heterocycles. The lowest BCUT2D eigenvalue weighted by Crippen LogP contribution is -2.39. The highest BCUT2D eigenvalue weighted by molar-refractivity contribution is 7.14. The number of hydrogen-bond donors (Lipinski definition) is 1. The number of benzene rings is 2. The molecule has 2 aromatic carbocycles. The number of aliphatic carboxylic acids is 1. The lowest BCUT2D eigenvalue weighted by atomic mass is 9.94. The van der Waals surface area contributed by atoms with Crippen LogP contribution in [0.3, 0.4) is 0 Å². The summed E-state index contributed by atoms with van der Waals surface area (Å²) >= 11 is 7.71. The number of anilines is 1. The molecule has 160 valence electrons. The van der Waals surface area contributed by atoms with Crippen LogP contribution in [0.1, 0.15) is 24.8 Å². The zero-order chi connectivity index (χ0) is 21.8. The van der Waals surface area contributed by atoms with Gasteiger partial charge in [0.25, 0.3) is 0 Å². The first-order chi connectivity index (χ1) is 15.0. The maximum absolute atomic E-state index is 13.6. The van der Waals surface area contributed by atoms with Gasteiger partial charge in [-0.2, -0.15) is 0 Å². The van der Waals surface area contributed by atoms with Crippen LogP contribution in [0.25, 0.3) is 11.3 Å². The van der Waals surface area contributed by atoms with Crippen molar-refractivity contribution < 1.29 is 14.7 Å². The van der Waals surface area contributed by atoms with Crippen LogP contribution in [0.4, 0.5) is 5.13 Å². The van der Waals surface area contributed by atoms with Gasteiger partial charge >= 0.3 is 5.97 Å². The number of carbonyl (C=O) groups excluding carboxylic acids is 1. The predicted molar refractivity (Wildman–Crippen MR) is 124 cm³/mol. The highest BCUT2D eigenvalue weighted by atomic mass is 35.5. The van der Waals surface area contributed by atoms with Crippen LogP contribution in [0.5, 0.6) is 0 Å². The van der Waals surface area contributed by atoms with Crippen molar-refractivity contribution in [1.29, 1.82) is 0 Å². The molecule has 4 rings (SSSR count). The maximum Gasteiger partial charge on any atom is 0.304 e. The van der Waals surface area contributed by atoms with Gasteiger partial charge in [-0.1, -0.05) is 60.1 Å². The van der Waals surface area contributed by atoms with Crippen LogP contribution in [0.15, 0.2) is 60.0 Å². The van der Waals surface area contributed by atoms with Gasteiger partial charge in [0.05, 0.1) is 18.0 Å². The summed E-state index contributed by atoms with van der Waals surface area (Å²) in [6, 6.07) is 17.0. The quantitative estimate of drug-likeness (QED) is 0.460. The van der Waals surface area contributed by atoms with Gasteiger partial charge in [0.1, 0.15) is 0 Å². The standard InChI is InChI=1S/C24H23ClN2O3S/c25-20-9-5-4-8-19(20)21-15-31-24(26-21)27(14-17-10-11-17)23(30)18(13-22(28)29)12-16-6-2-1-3-7-16/h1-9,15,17-18H,10-14H2,(H,28,29). The number of thiazole rings is 1. The molecule has 0 aliphatic heterocycles. The summed E-state index contributed by atoms with van der Waals surface area (Å²) in [6.07, 6.45) is 2.33. The third-order valence-electron chi connectivity index (χ3n) is 5.37. The second-order valence-corrected chi connectivity index (χ2v) is 9.12. The number of amides is 1. The van der Waals surface area contributed by atoms with Crippen molar-refractivity contribution in [3.63, 3.8) is 0 Å². The Kier molecular flexibility index (Phi) is 6.68. The van der Waals surface area contributed by atoms with Crippen molar-refractivity contribution in [3.05, 3.63) is 70.6 Å². The molecule has 7 heteroatoms. The third-order valence-corrected chi connectivity index (χ3v) is 6.56. The number of hydrogen-bond acceptors (Lipinski definition) is 4. The number of nitrogens with zero attached hydrogens (tertiary/aromatic N) is 2. The van der Waals surface area contributed by atoms with Crippen LogP contribution < -0.4 is 4.90 Å². The fourth-order valence-electron chi connectivity index (χ4n) is 3.58. The number of carbonyl (C=O) groups is 2. The Morgan fingerprint density at radius 1 is 1.13 bits per heavy atom. The fourth-order valence-corrected chi connectivity index (χ4v) is 4.65. The first-order valence-corrected chi connectivity index (χ1v) is 11.5. The van der Waals surface area contributed by atoms with Crippen molar-refractivity contribution in [2.75, 3.05) is 11.4 Å². The number of carboxylic acid groups (broad SMARTS) is 1. The van der Waals surface area contributed by atoms with E-state index in [0.29, 0.717) is 29.0 Å². The second kappa shape index (κ2) is 9.62. The number of rotatable bonds is 9. The lowest BCUT2D eigenvalue weighted by Gasteiger charge is -2.25. The van der Waals surface area contributed by atoms with Gasteiger partial charge in [0.2, 0.25) is 5.91 Å². The Balaban J connectivity index is 1.62. The molecule has 0 saturated heterocycles. The molecule has 1 unspecified atom stereocenters. The SMILES string of the molecule is O=C(O)CC(Cc1ccccc1)C(=O)N(CC1CC1)c1nc(-c2ccccc2Cl)cs1. The van der Waals surface area contributed by atoms with E-state index < -0.39 is 11.9 Å². The van der Waals surface area contributed by atoms with E-state index in [9.17, 15) is 14.7 Å². The van der Waals surface area contributed by atoms with E-state index in [1.54, 1.807) is 4.90 Å². The van der Waals surface area contributed by atoms with Gasteiger partial charge < -0.3 is 5.11 Å². The molecule has 1 saturated carbocycles. The Labute approximate surface area is 190 Å². The van der Waals surface area contributed by atoms with E-state index in [1.807, 2.05) is 60.0 Å². The molecule has 31 heavy (non-hydrogen) atoms. The van der Waals surface area contributed by atoms with Crippen LogP contribution >= 0.6 is 22.9 Å². The topological polar surface area (TPSA) is 70.5 Å². The Hall–Kier alpha value is -2.70. The second-order valence-electron chi connectivity index (χ2n) is 7.87. The highest BCUT2D eigenvalue weighted by Crippen LogP contribution is 2.36. The minimum absolute atomic E-state index is 0.182. The Morgan fingerprint density at radius 2 is 1.84 bits per heavy atom. The summed E-state index contributed by atoms with van der Waals surface area (Å²) in [6.45, 7) is 0.569. The monoisotopic (exact) mass is 454 g/mol. The van der Waals surface area contributed by atoms with E-state index in [4.69, 9.17) is 16.6 Å². The van der Waals surface area contributed by atoms with E-state index in [0.717, 1.165) is 29.7 Å².